The van der Waals surface area contributed by atoms with Crippen molar-refractivity contribution in [2.24, 2.45) is 5.41 Å². The van der Waals surface area contributed by atoms with E-state index in [0.717, 1.165) is 16.8 Å². The minimum absolute atomic E-state index is 0.107. The normalized spacial score (nSPS) is 25.9. The van der Waals surface area contributed by atoms with Gasteiger partial charge in [-0.1, -0.05) is 18.2 Å². The Bertz CT molecular complexity index is 1270. The van der Waals surface area contributed by atoms with Crippen molar-refractivity contribution in [3.05, 3.63) is 63.4 Å². The number of nitriles is 1. The highest BCUT2D eigenvalue weighted by molar-refractivity contribution is 7.52. The molecule has 3 rings (SSSR count). The summed E-state index contributed by atoms with van der Waals surface area (Å²) in [4.78, 5) is 37.9. The molecule has 0 amide bonds. The van der Waals surface area contributed by atoms with Gasteiger partial charge in [0.05, 0.1) is 19.3 Å². The van der Waals surface area contributed by atoms with Crippen LogP contribution in [0.3, 0.4) is 0 Å². The molecule has 1 unspecified atom stereocenters. The highest BCUT2D eigenvalue weighted by Gasteiger charge is 2.55. The van der Waals surface area contributed by atoms with Gasteiger partial charge in [0.25, 0.3) is 5.56 Å². The molecule has 1 fully saturated rings. The summed E-state index contributed by atoms with van der Waals surface area (Å²) in [5.74, 6) is -0.512. The van der Waals surface area contributed by atoms with Crippen LogP contribution in [0.2, 0.25) is 0 Å². The van der Waals surface area contributed by atoms with E-state index in [1.165, 1.54) is 26.0 Å². The summed E-state index contributed by atoms with van der Waals surface area (Å²) in [5.41, 5.74) is -3.12. The van der Waals surface area contributed by atoms with Gasteiger partial charge in [-0.3, -0.25) is 23.7 Å². The third-order valence-corrected chi connectivity index (χ3v) is 7.14. The van der Waals surface area contributed by atoms with E-state index in [-0.39, 0.29) is 12.4 Å². The molecule has 1 aliphatic rings. The van der Waals surface area contributed by atoms with E-state index >= 15 is 0 Å². The first-order chi connectivity index (χ1) is 17.0. The molecule has 14 heteroatoms. The monoisotopic (exact) mass is 522 g/mol. The predicted molar refractivity (Wildman–Crippen MR) is 125 cm³/mol. The summed E-state index contributed by atoms with van der Waals surface area (Å²) >= 11 is 0. The summed E-state index contributed by atoms with van der Waals surface area (Å²) < 4.78 is 36.3. The van der Waals surface area contributed by atoms with Crippen LogP contribution in [-0.2, 0) is 23.4 Å². The highest BCUT2D eigenvalue weighted by atomic mass is 31.2. The SMILES string of the molecule is CCOC(=O)[C@H](C)NP(=O)(OC[C@H]1O[C@@H](n2ccc(=O)[nH]c2=O)[C@](C)(C#N)[C@@H]1O)Oc1ccccc1. The van der Waals surface area contributed by atoms with Crippen LogP contribution in [0.25, 0.3) is 0 Å². The minimum atomic E-state index is -4.25. The topological polar surface area (TPSA) is 182 Å². The van der Waals surface area contributed by atoms with Crippen molar-refractivity contribution in [1.82, 2.24) is 14.6 Å². The molecule has 0 bridgehead atoms. The molecule has 0 saturated carbocycles. The van der Waals surface area contributed by atoms with E-state index in [0.29, 0.717) is 0 Å². The van der Waals surface area contributed by atoms with E-state index in [9.17, 15) is 29.3 Å². The number of carbonyl (C=O) groups is 1. The van der Waals surface area contributed by atoms with Crippen LogP contribution in [0.4, 0.5) is 0 Å². The van der Waals surface area contributed by atoms with Gasteiger partial charge in [0.2, 0.25) is 0 Å². The van der Waals surface area contributed by atoms with E-state index in [2.05, 4.69) is 10.1 Å². The number of H-pyrrole nitrogens is 1. The van der Waals surface area contributed by atoms with Gasteiger partial charge in [0.1, 0.15) is 29.4 Å². The summed E-state index contributed by atoms with van der Waals surface area (Å²) in [6.07, 6.45) is -2.87. The molecule has 1 aromatic carbocycles. The smallest absolute Gasteiger partial charge is 0.459 e. The Balaban J connectivity index is 1.84. The van der Waals surface area contributed by atoms with Crippen molar-refractivity contribution < 1.29 is 33.0 Å². The van der Waals surface area contributed by atoms with Crippen LogP contribution in [-0.4, -0.2) is 52.1 Å². The number of benzene rings is 1. The molecule has 1 aromatic heterocycles. The lowest BCUT2D eigenvalue weighted by atomic mass is 9.84. The van der Waals surface area contributed by atoms with Crippen LogP contribution in [0.5, 0.6) is 5.75 Å². The second-order valence-corrected chi connectivity index (χ2v) is 9.88. The van der Waals surface area contributed by atoms with Gasteiger partial charge in [-0.25, -0.2) is 9.36 Å². The van der Waals surface area contributed by atoms with Gasteiger partial charge >= 0.3 is 19.4 Å². The van der Waals surface area contributed by atoms with E-state index in [1.807, 2.05) is 6.07 Å². The number of aliphatic hydroxyl groups excluding tert-OH is 1. The Labute approximate surface area is 206 Å². The number of esters is 1. The first-order valence-corrected chi connectivity index (χ1v) is 12.6. The van der Waals surface area contributed by atoms with Crippen LogP contribution < -0.4 is 20.9 Å². The molecule has 2 heterocycles. The Hall–Kier alpha value is -3.27. The lowest BCUT2D eigenvalue weighted by molar-refractivity contribution is -0.144. The zero-order valence-corrected chi connectivity index (χ0v) is 20.7. The van der Waals surface area contributed by atoms with Crippen molar-refractivity contribution in [3.8, 4) is 11.8 Å². The highest BCUT2D eigenvalue weighted by Crippen LogP contribution is 2.48. The molecule has 1 aliphatic heterocycles. The summed E-state index contributed by atoms with van der Waals surface area (Å²) in [6.45, 7) is 3.97. The Morgan fingerprint density at radius 1 is 1.36 bits per heavy atom. The van der Waals surface area contributed by atoms with Gasteiger partial charge in [0, 0.05) is 12.3 Å². The predicted octanol–water partition coefficient (Wildman–Crippen LogP) is 1.07. The zero-order valence-electron chi connectivity index (χ0n) is 19.8. The second-order valence-electron chi connectivity index (χ2n) is 8.18. The number of para-hydroxylation sites is 1. The Morgan fingerprint density at radius 2 is 2.06 bits per heavy atom. The van der Waals surface area contributed by atoms with Gasteiger partial charge in [0.15, 0.2) is 6.23 Å². The largest absolute Gasteiger partial charge is 0.465 e. The first kappa shape index (κ1) is 27.3. The van der Waals surface area contributed by atoms with Gasteiger partial charge in [-0.2, -0.15) is 10.3 Å². The molecule has 194 valence electrons. The average Bonchev–Trinajstić information content (AvgIpc) is 3.09. The van der Waals surface area contributed by atoms with Crippen molar-refractivity contribution in [2.75, 3.05) is 13.2 Å². The molecule has 0 radical (unpaired) electrons. The molecule has 1 saturated heterocycles. The molecule has 0 spiro atoms. The number of nitrogens with zero attached hydrogens (tertiary/aromatic N) is 2. The van der Waals surface area contributed by atoms with E-state index < -0.39 is 61.5 Å². The van der Waals surface area contributed by atoms with Crippen molar-refractivity contribution in [2.45, 2.75) is 45.2 Å². The lowest BCUT2D eigenvalue weighted by Crippen LogP contribution is -2.41. The number of rotatable bonds is 10. The van der Waals surface area contributed by atoms with Crippen LogP contribution in [0.15, 0.2) is 52.2 Å². The number of nitrogens with one attached hydrogen (secondary N) is 2. The van der Waals surface area contributed by atoms with Crippen LogP contribution in [0, 0.1) is 16.7 Å². The standard InChI is InChI=1S/C22H27N4O9P/c1-4-32-19(29)14(2)25-36(31,35-15-8-6-5-7-9-15)33-12-16-18(28)22(3,13-23)20(34-16)26-11-10-17(27)24-21(26)30/h5-11,14,16,18,20,28H,4,12H2,1-3H3,(H,25,31)(H,24,27,30)/t14-,16+,18+,20+,22+,36?/m0/s1. The fourth-order valence-corrected chi connectivity index (χ4v) is 5.07. The molecule has 0 aliphatic carbocycles. The number of carbonyl (C=O) groups excluding carboxylic acids is 1. The van der Waals surface area contributed by atoms with Gasteiger partial charge in [-0.05, 0) is 32.9 Å². The van der Waals surface area contributed by atoms with E-state index in [4.69, 9.17) is 18.5 Å². The van der Waals surface area contributed by atoms with Crippen molar-refractivity contribution in [3.63, 3.8) is 0 Å². The maximum absolute atomic E-state index is 13.6. The number of aromatic amines is 1. The fraction of sp³-hybridized carbons (Fsp3) is 0.455. The molecule has 3 N–H and O–H groups in total. The number of ether oxygens (including phenoxy) is 2. The minimum Gasteiger partial charge on any atom is -0.465 e. The Kier molecular flexibility index (Phi) is 8.50. The maximum Gasteiger partial charge on any atom is 0.459 e. The molecule has 6 atom stereocenters. The molecular formula is C22H27N4O9P. The lowest BCUT2D eigenvalue weighted by Gasteiger charge is -2.26. The van der Waals surface area contributed by atoms with Gasteiger partial charge < -0.3 is 19.1 Å². The summed E-state index contributed by atoms with van der Waals surface area (Å²) in [7, 11) is -4.25. The number of aliphatic hydroxyl groups is 1. The summed E-state index contributed by atoms with van der Waals surface area (Å²) in [6, 6.07) is 10.00. The fourth-order valence-electron chi connectivity index (χ4n) is 3.57. The van der Waals surface area contributed by atoms with Gasteiger partial charge in [-0.15, -0.1) is 0 Å². The van der Waals surface area contributed by atoms with Crippen molar-refractivity contribution >= 4 is 13.7 Å². The molecule has 13 nitrogen and oxygen atoms in total. The molecule has 2 aromatic rings. The molecule has 36 heavy (non-hydrogen) atoms. The third-order valence-electron chi connectivity index (χ3n) is 5.50. The second kappa shape index (κ2) is 11.2. The number of aromatic nitrogens is 2. The first-order valence-electron chi connectivity index (χ1n) is 11.0. The quantitative estimate of drug-likeness (QED) is 0.300. The third kappa shape index (κ3) is 5.92. The van der Waals surface area contributed by atoms with Crippen molar-refractivity contribution in [1.29, 1.82) is 5.26 Å². The number of hydrogen-bond donors (Lipinski definition) is 3. The van der Waals surface area contributed by atoms with Crippen LogP contribution >= 0.6 is 7.75 Å². The average molecular weight is 522 g/mol. The summed E-state index contributed by atoms with van der Waals surface area (Å²) in [5, 5.41) is 23.2. The maximum atomic E-state index is 13.6. The number of hydrogen-bond acceptors (Lipinski definition) is 10. The molecular weight excluding hydrogens is 495 g/mol. The van der Waals surface area contributed by atoms with E-state index in [1.54, 1.807) is 25.1 Å². The Morgan fingerprint density at radius 3 is 2.67 bits per heavy atom. The zero-order chi connectivity index (χ0) is 26.5. The van der Waals surface area contributed by atoms with Crippen LogP contribution in [0.1, 0.15) is 27.0 Å².